The van der Waals surface area contributed by atoms with Gasteiger partial charge in [0.05, 0.1) is 16.5 Å². The van der Waals surface area contributed by atoms with Gasteiger partial charge in [0.15, 0.2) is 0 Å². The lowest BCUT2D eigenvalue weighted by Gasteiger charge is -2.29. The van der Waals surface area contributed by atoms with E-state index < -0.39 is 22.9 Å². The molecule has 2 heterocycles. The topological polar surface area (TPSA) is 49.4 Å². The number of alkyl halides is 3. The number of hydrogen-bond acceptors (Lipinski definition) is 3. The molecule has 2 amide bonds. The molecule has 130 valence electrons. The van der Waals surface area contributed by atoms with Crippen LogP contribution in [0.5, 0.6) is 0 Å². The summed E-state index contributed by atoms with van der Waals surface area (Å²) in [5, 5.41) is 1.89. The fraction of sp³-hybridized carbons (Fsp3) is 0.500. The summed E-state index contributed by atoms with van der Waals surface area (Å²) in [5.41, 5.74) is -0.647. The van der Waals surface area contributed by atoms with E-state index in [-0.39, 0.29) is 18.0 Å². The summed E-state index contributed by atoms with van der Waals surface area (Å²) in [5.74, 6) is -0.491. The SMILES string of the molecule is O=C1Nc2cc(C(F)(F)F)ccc2S[C@H]1CC(=O)N1CCCCC1. The minimum atomic E-state index is -4.45. The normalized spacial score (nSPS) is 21.2. The van der Waals surface area contributed by atoms with Crippen LogP contribution in [0, 0.1) is 0 Å². The molecule has 0 aromatic heterocycles. The van der Waals surface area contributed by atoms with Gasteiger partial charge in [-0.1, -0.05) is 0 Å². The van der Waals surface area contributed by atoms with Gasteiger partial charge in [0.2, 0.25) is 11.8 Å². The number of anilines is 1. The molecular weight excluding hydrogens is 341 g/mol. The highest BCUT2D eigenvalue weighted by Gasteiger charge is 2.35. The number of piperidine rings is 1. The number of carbonyl (C=O) groups is 2. The average Bonchev–Trinajstić information content (AvgIpc) is 2.55. The Balaban J connectivity index is 1.70. The molecule has 24 heavy (non-hydrogen) atoms. The largest absolute Gasteiger partial charge is 0.416 e. The first-order chi connectivity index (χ1) is 11.3. The molecule has 0 unspecified atom stereocenters. The second kappa shape index (κ2) is 6.66. The van der Waals surface area contributed by atoms with Gasteiger partial charge < -0.3 is 10.2 Å². The molecule has 0 saturated carbocycles. The standard InChI is InChI=1S/C16H17F3N2O2S/c17-16(18,19)10-4-5-12-11(8-10)20-15(23)13(24-12)9-14(22)21-6-2-1-3-7-21/h4-5,8,13H,1-3,6-7,9H2,(H,20,23)/t13-/m0/s1. The maximum Gasteiger partial charge on any atom is 0.416 e. The Bertz CT molecular complexity index is 657. The van der Waals surface area contributed by atoms with E-state index >= 15 is 0 Å². The van der Waals surface area contributed by atoms with Crippen LogP contribution in [-0.4, -0.2) is 35.1 Å². The Kier molecular flexibility index (Phi) is 4.76. The molecule has 1 aromatic carbocycles. The van der Waals surface area contributed by atoms with E-state index in [9.17, 15) is 22.8 Å². The Morgan fingerprint density at radius 1 is 1.25 bits per heavy atom. The van der Waals surface area contributed by atoms with Crippen molar-refractivity contribution >= 4 is 29.3 Å². The summed E-state index contributed by atoms with van der Waals surface area (Å²) in [4.78, 5) is 26.8. The lowest BCUT2D eigenvalue weighted by Crippen LogP contribution is -2.40. The first kappa shape index (κ1) is 17.1. The van der Waals surface area contributed by atoms with Crippen LogP contribution in [0.1, 0.15) is 31.2 Å². The fourth-order valence-corrected chi connectivity index (χ4v) is 3.97. The van der Waals surface area contributed by atoms with Crippen molar-refractivity contribution in [1.82, 2.24) is 4.90 Å². The van der Waals surface area contributed by atoms with Gasteiger partial charge in [-0.25, -0.2) is 0 Å². The number of hydrogen-bond donors (Lipinski definition) is 1. The van der Waals surface area contributed by atoms with Gasteiger partial charge >= 0.3 is 6.18 Å². The van der Waals surface area contributed by atoms with Crippen molar-refractivity contribution in [3.63, 3.8) is 0 Å². The van der Waals surface area contributed by atoms with Gasteiger partial charge in [0, 0.05) is 24.4 Å². The molecule has 1 atom stereocenters. The first-order valence-corrected chi connectivity index (χ1v) is 8.69. The van der Waals surface area contributed by atoms with Crippen LogP contribution in [-0.2, 0) is 15.8 Å². The van der Waals surface area contributed by atoms with Crippen molar-refractivity contribution in [2.75, 3.05) is 18.4 Å². The van der Waals surface area contributed by atoms with Gasteiger partial charge in [0.25, 0.3) is 0 Å². The molecule has 8 heteroatoms. The van der Waals surface area contributed by atoms with Crippen LogP contribution >= 0.6 is 11.8 Å². The van der Waals surface area contributed by atoms with Crippen molar-refractivity contribution in [3.8, 4) is 0 Å². The minimum Gasteiger partial charge on any atom is -0.343 e. The zero-order chi connectivity index (χ0) is 17.3. The number of rotatable bonds is 2. The third-order valence-corrected chi connectivity index (χ3v) is 5.47. The number of amides is 2. The molecule has 2 aliphatic rings. The fourth-order valence-electron chi connectivity index (χ4n) is 2.89. The van der Waals surface area contributed by atoms with Gasteiger partial charge in [-0.3, -0.25) is 9.59 Å². The number of benzene rings is 1. The van der Waals surface area contributed by atoms with Crippen LogP contribution < -0.4 is 5.32 Å². The lowest BCUT2D eigenvalue weighted by molar-refractivity contribution is -0.137. The molecule has 2 aliphatic heterocycles. The van der Waals surface area contributed by atoms with E-state index in [2.05, 4.69) is 5.32 Å². The van der Waals surface area contributed by atoms with Gasteiger partial charge in [-0.15, -0.1) is 11.8 Å². The van der Waals surface area contributed by atoms with E-state index in [1.807, 2.05) is 0 Å². The highest BCUT2D eigenvalue weighted by molar-refractivity contribution is 8.01. The maximum absolute atomic E-state index is 12.7. The summed E-state index contributed by atoms with van der Waals surface area (Å²) in [7, 11) is 0. The highest BCUT2D eigenvalue weighted by Crippen LogP contribution is 2.40. The molecule has 4 nitrogen and oxygen atoms in total. The Morgan fingerprint density at radius 2 is 1.96 bits per heavy atom. The number of nitrogens with one attached hydrogen (secondary N) is 1. The van der Waals surface area contributed by atoms with E-state index in [0.29, 0.717) is 18.0 Å². The smallest absolute Gasteiger partial charge is 0.343 e. The first-order valence-electron chi connectivity index (χ1n) is 7.81. The Morgan fingerprint density at radius 3 is 2.62 bits per heavy atom. The quantitative estimate of drug-likeness (QED) is 0.880. The Hall–Kier alpha value is -1.70. The monoisotopic (exact) mass is 358 g/mol. The van der Waals surface area contributed by atoms with Gasteiger partial charge in [-0.05, 0) is 37.5 Å². The summed E-state index contributed by atoms with van der Waals surface area (Å²) >= 11 is 1.15. The van der Waals surface area contributed by atoms with Crippen LogP contribution in [0.2, 0.25) is 0 Å². The summed E-state index contributed by atoms with van der Waals surface area (Å²) in [6.45, 7) is 1.42. The number of fused-ring (bicyclic) bond motifs is 1. The molecule has 1 fully saturated rings. The van der Waals surface area contributed by atoms with Crippen molar-refractivity contribution in [2.45, 2.75) is 42.0 Å². The van der Waals surface area contributed by atoms with Crippen LogP contribution in [0.4, 0.5) is 18.9 Å². The van der Waals surface area contributed by atoms with E-state index in [4.69, 9.17) is 0 Å². The number of thioether (sulfide) groups is 1. The number of likely N-dealkylation sites (tertiary alicyclic amines) is 1. The molecule has 0 radical (unpaired) electrons. The van der Waals surface area contributed by atoms with E-state index in [1.165, 1.54) is 6.07 Å². The summed E-state index contributed by atoms with van der Waals surface area (Å²) < 4.78 is 38.2. The van der Waals surface area contributed by atoms with Crippen LogP contribution in [0.3, 0.4) is 0 Å². The van der Waals surface area contributed by atoms with Crippen LogP contribution in [0.15, 0.2) is 23.1 Å². The zero-order valence-corrected chi connectivity index (χ0v) is 13.7. The summed E-state index contributed by atoms with van der Waals surface area (Å²) in [6, 6.07) is 3.27. The molecular formula is C16H17F3N2O2S. The number of nitrogens with zero attached hydrogens (tertiary/aromatic N) is 1. The third-order valence-electron chi connectivity index (χ3n) is 4.20. The van der Waals surface area contributed by atoms with Crippen molar-refractivity contribution in [2.24, 2.45) is 0 Å². The maximum atomic E-state index is 12.7. The molecule has 0 aliphatic carbocycles. The predicted octanol–water partition coefficient (Wildman–Crippen LogP) is 3.52. The zero-order valence-electron chi connectivity index (χ0n) is 12.9. The second-order valence-electron chi connectivity index (χ2n) is 5.95. The third kappa shape index (κ3) is 3.68. The van der Waals surface area contributed by atoms with Crippen molar-refractivity contribution < 1.29 is 22.8 Å². The molecule has 1 N–H and O–H groups in total. The van der Waals surface area contributed by atoms with Crippen molar-refractivity contribution in [3.05, 3.63) is 23.8 Å². The highest BCUT2D eigenvalue weighted by atomic mass is 32.2. The lowest BCUT2D eigenvalue weighted by atomic mass is 10.1. The molecule has 0 bridgehead atoms. The predicted molar refractivity (Wildman–Crippen MR) is 84.8 cm³/mol. The number of carbonyl (C=O) groups excluding carboxylic acids is 2. The molecule has 1 aromatic rings. The van der Waals surface area contributed by atoms with Gasteiger partial charge in [-0.2, -0.15) is 13.2 Å². The van der Waals surface area contributed by atoms with Crippen molar-refractivity contribution in [1.29, 1.82) is 0 Å². The summed E-state index contributed by atoms with van der Waals surface area (Å²) in [6.07, 6.45) is -1.34. The minimum absolute atomic E-state index is 0.0664. The molecule has 0 spiro atoms. The Labute approximate surface area is 141 Å². The molecule has 1 saturated heterocycles. The molecule has 3 rings (SSSR count). The van der Waals surface area contributed by atoms with Gasteiger partial charge in [0.1, 0.15) is 0 Å². The second-order valence-corrected chi connectivity index (χ2v) is 7.19. The van der Waals surface area contributed by atoms with Crippen LogP contribution in [0.25, 0.3) is 0 Å². The average molecular weight is 358 g/mol. The van der Waals surface area contributed by atoms with E-state index in [1.54, 1.807) is 4.90 Å². The number of halogens is 3. The van der Waals surface area contributed by atoms with E-state index in [0.717, 1.165) is 43.2 Å².